The van der Waals surface area contributed by atoms with Crippen molar-refractivity contribution in [3.05, 3.63) is 0 Å². The Bertz CT molecular complexity index is 164. The Hall–Kier alpha value is -0.0800. The molecular formula is C12H26N2. The van der Waals surface area contributed by atoms with Crippen LogP contribution in [0.25, 0.3) is 0 Å². The van der Waals surface area contributed by atoms with Crippen molar-refractivity contribution in [3.63, 3.8) is 0 Å². The molecule has 1 rings (SSSR count). The summed E-state index contributed by atoms with van der Waals surface area (Å²) in [6, 6.07) is 0.772. The van der Waals surface area contributed by atoms with Crippen molar-refractivity contribution < 1.29 is 0 Å². The van der Waals surface area contributed by atoms with E-state index in [0.717, 1.165) is 18.5 Å². The summed E-state index contributed by atoms with van der Waals surface area (Å²) in [4.78, 5) is 2.45. The van der Waals surface area contributed by atoms with Gasteiger partial charge in [-0.1, -0.05) is 6.92 Å². The zero-order valence-electron chi connectivity index (χ0n) is 10.2. The van der Waals surface area contributed by atoms with Crippen molar-refractivity contribution >= 4 is 0 Å². The van der Waals surface area contributed by atoms with Crippen LogP contribution in [0, 0.1) is 5.92 Å². The summed E-state index contributed by atoms with van der Waals surface area (Å²) in [6.45, 7) is 7.58. The van der Waals surface area contributed by atoms with Gasteiger partial charge in [0.05, 0.1) is 0 Å². The van der Waals surface area contributed by atoms with Gasteiger partial charge in [-0.25, -0.2) is 0 Å². The summed E-state index contributed by atoms with van der Waals surface area (Å²) in [5.74, 6) is 0.936. The van der Waals surface area contributed by atoms with Gasteiger partial charge in [0, 0.05) is 18.1 Å². The second kappa shape index (κ2) is 4.63. The number of nitrogens with zero attached hydrogens (tertiary/aromatic N) is 1. The highest BCUT2D eigenvalue weighted by Crippen LogP contribution is 2.26. The van der Waals surface area contributed by atoms with Crippen LogP contribution in [0.1, 0.15) is 46.5 Å². The van der Waals surface area contributed by atoms with Gasteiger partial charge < -0.3 is 10.6 Å². The van der Waals surface area contributed by atoms with Gasteiger partial charge in [0.25, 0.3) is 0 Å². The van der Waals surface area contributed by atoms with Crippen LogP contribution in [0.3, 0.4) is 0 Å². The van der Waals surface area contributed by atoms with Crippen molar-refractivity contribution in [2.24, 2.45) is 11.7 Å². The van der Waals surface area contributed by atoms with Gasteiger partial charge in [-0.15, -0.1) is 0 Å². The zero-order chi connectivity index (χ0) is 10.8. The molecule has 1 aliphatic carbocycles. The second-order valence-corrected chi connectivity index (χ2v) is 5.82. The lowest BCUT2D eigenvalue weighted by Gasteiger charge is -2.36. The van der Waals surface area contributed by atoms with E-state index in [4.69, 9.17) is 5.73 Å². The lowest BCUT2D eigenvalue weighted by molar-refractivity contribution is 0.147. The third-order valence-electron chi connectivity index (χ3n) is 3.27. The fourth-order valence-electron chi connectivity index (χ4n) is 2.46. The van der Waals surface area contributed by atoms with Gasteiger partial charge in [-0.3, -0.25) is 0 Å². The maximum Gasteiger partial charge on any atom is 0.0226 e. The molecule has 1 fully saturated rings. The normalized spacial score (nSPS) is 29.6. The molecule has 0 aromatic carbocycles. The number of likely N-dealkylation sites (N-methyl/N-ethyl adjacent to an activating group) is 1. The molecule has 0 bridgehead atoms. The predicted molar refractivity (Wildman–Crippen MR) is 62.3 cm³/mol. The highest BCUT2D eigenvalue weighted by atomic mass is 15.1. The van der Waals surface area contributed by atoms with Crippen LogP contribution in [-0.2, 0) is 0 Å². The molecule has 1 aliphatic rings. The van der Waals surface area contributed by atoms with Crippen LogP contribution in [0.15, 0.2) is 0 Å². The molecule has 0 radical (unpaired) electrons. The van der Waals surface area contributed by atoms with Crippen molar-refractivity contribution in [2.75, 3.05) is 13.6 Å². The van der Waals surface area contributed by atoms with Gasteiger partial charge in [-0.05, 0) is 52.5 Å². The van der Waals surface area contributed by atoms with Crippen LogP contribution < -0.4 is 5.73 Å². The quantitative estimate of drug-likeness (QED) is 0.753. The van der Waals surface area contributed by atoms with E-state index in [1.807, 2.05) is 0 Å². The number of rotatable bonds is 3. The lowest BCUT2D eigenvalue weighted by Crippen LogP contribution is -2.48. The molecule has 2 heteroatoms. The highest BCUT2D eigenvalue weighted by Gasteiger charge is 2.24. The van der Waals surface area contributed by atoms with Gasteiger partial charge in [0.2, 0.25) is 0 Å². The first kappa shape index (κ1) is 12.0. The smallest absolute Gasteiger partial charge is 0.0226 e. The van der Waals surface area contributed by atoms with E-state index in [-0.39, 0.29) is 5.54 Å². The predicted octanol–water partition coefficient (Wildman–Crippen LogP) is 2.23. The second-order valence-electron chi connectivity index (χ2n) is 5.82. The fourth-order valence-corrected chi connectivity index (χ4v) is 2.46. The third kappa shape index (κ3) is 3.97. The van der Waals surface area contributed by atoms with E-state index in [1.54, 1.807) is 0 Å². The Morgan fingerprint density at radius 3 is 2.14 bits per heavy atom. The molecule has 0 unspecified atom stereocenters. The van der Waals surface area contributed by atoms with Crippen LogP contribution in [0.2, 0.25) is 0 Å². The van der Waals surface area contributed by atoms with E-state index in [2.05, 4.69) is 32.7 Å². The molecule has 0 aliphatic heterocycles. The average molecular weight is 198 g/mol. The largest absolute Gasteiger partial charge is 0.324 e. The molecule has 84 valence electrons. The Labute approximate surface area is 88.8 Å². The van der Waals surface area contributed by atoms with Crippen molar-refractivity contribution in [2.45, 2.75) is 58.0 Å². The van der Waals surface area contributed by atoms with Crippen LogP contribution in [0.4, 0.5) is 0 Å². The molecule has 0 amide bonds. The first-order chi connectivity index (χ1) is 6.38. The molecule has 0 saturated heterocycles. The van der Waals surface area contributed by atoms with E-state index < -0.39 is 0 Å². The summed E-state index contributed by atoms with van der Waals surface area (Å²) >= 11 is 0. The Kier molecular flexibility index (Phi) is 3.96. The monoisotopic (exact) mass is 198 g/mol. The summed E-state index contributed by atoms with van der Waals surface area (Å²) in [5, 5.41) is 0. The van der Waals surface area contributed by atoms with E-state index in [0.29, 0.717) is 0 Å². The zero-order valence-corrected chi connectivity index (χ0v) is 10.2. The average Bonchev–Trinajstić information content (AvgIpc) is 2.02. The Balaban J connectivity index is 2.34. The minimum Gasteiger partial charge on any atom is -0.324 e. The van der Waals surface area contributed by atoms with Gasteiger partial charge in [0.1, 0.15) is 0 Å². The van der Waals surface area contributed by atoms with Gasteiger partial charge in [-0.2, -0.15) is 0 Å². The Morgan fingerprint density at radius 2 is 1.71 bits per heavy atom. The van der Waals surface area contributed by atoms with Crippen LogP contribution >= 0.6 is 0 Å². The number of hydrogen-bond acceptors (Lipinski definition) is 2. The maximum atomic E-state index is 6.03. The summed E-state index contributed by atoms with van der Waals surface area (Å²) in [6.07, 6.45) is 5.49. The lowest BCUT2D eigenvalue weighted by atomic mass is 9.86. The summed E-state index contributed by atoms with van der Waals surface area (Å²) in [7, 11) is 2.22. The maximum absolute atomic E-state index is 6.03. The molecule has 0 aromatic rings. The number of hydrogen-bond donors (Lipinski definition) is 1. The molecular weight excluding hydrogens is 172 g/mol. The van der Waals surface area contributed by atoms with Crippen molar-refractivity contribution in [1.82, 2.24) is 4.90 Å². The molecule has 14 heavy (non-hydrogen) atoms. The SMILES string of the molecule is CC1CCC(N(C)CC(C)(C)N)CC1. The standard InChI is InChI=1S/C12H26N2/c1-10-5-7-11(8-6-10)14(4)9-12(2,3)13/h10-11H,5-9,13H2,1-4H3. The molecule has 0 heterocycles. The summed E-state index contributed by atoms with van der Waals surface area (Å²) in [5.41, 5.74) is 5.97. The van der Waals surface area contributed by atoms with E-state index in [1.165, 1.54) is 25.7 Å². The van der Waals surface area contributed by atoms with Crippen LogP contribution in [-0.4, -0.2) is 30.1 Å². The first-order valence-corrected chi connectivity index (χ1v) is 5.87. The fraction of sp³-hybridized carbons (Fsp3) is 1.00. The molecule has 2 N–H and O–H groups in total. The van der Waals surface area contributed by atoms with Crippen molar-refractivity contribution in [3.8, 4) is 0 Å². The Morgan fingerprint density at radius 1 is 1.21 bits per heavy atom. The minimum absolute atomic E-state index is 0.0577. The van der Waals surface area contributed by atoms with Crippen molar-refractivity contribution in [1.29, 1.82) is 0 Å². The van der Waals surface area contributed by atoms with E-state index in [9.17, 15) is 0 Å². The topological polar surface area (TPSA) is 29.3 Å². The molecule has 1 saturated carbocycles. The summed E-state index contributed by atoms with van der Waals surface area (Å²) < 4.78 is 0. The molecule has 0 atom stereocenters. The molecule has 2 nitrogen and oxygen atoms in total. The van der Waals surface area contributed by atoms with Crippen LogP contribution in [0.5, 0.6) is 0 Å². The first-order valence-electron chi connectivity index (χ1n) is 5.87. The highest BCUT2D eigenvalue weighted by molar-refractivity contribution is 4.82. The minimum atomic E-state index is -0.0577. The molecule has 0 aromatic heterocycles. The molecule has 0 spiro atoms. The van der Waals surface area contributed by atoms with E-state index >= 15 is 0 Å². The third-order valence-corrected chi connectivity index (χ3v) is 3.27. The van der Waals surface area contributed by atoms with Gasteiger partial charge in [0.15, 0.2) is 0 Å². The van der Waals surface area contributed by atoms with Gasteiger partial charge >= 0.3 is 0 Å². The number of nitrogens with two attached hydrogens (primary N) is 1.